The first-order chi connectivity index (χ1) is 14.7. The van der Waals surface area contributed by atoms with Gasteiger partial charge in [0, 0.05) is 11.8 Å². The Morgan fingerprint density at radius 3 is 1.63 bits per heavy atom. The summed E-state index contributed by atoms with van der Waals surface area (Å²) in [5, 5.41) is 10.3. The molecule has 0 saturated carbocycles. The third-order valence-corrected chi connectivity index (χ3v) is 6.18. The fraction of sp³-hybridized carbons (Fsp3) is 0.208. The van der Waals surface area contributed by atoms with E-state index in [2.05, 4.69) is 0 Å². The molecule has 3 atom stereocenters. The second kappa shape index (κ2) is 6.42. The highest BCUT2D eigenvalue weighted by molar-refractivity contribution is 5.78. The number of fused-ring (bicyclic) bond motifs is 3. The Bertz CT molecular complexity index is 1090. The van der Waals surface area contributed by atoms with Crippen molar-refractivity contribution in [2.45, 2.75) is 11.8 Å². The van der Waals surface area contributed by atoms with Crippen molar-refractivity contribution in [3.05, 3.63) is 82.9 Å². The highest BCUT2D eigenvalue weighted by Crippen LogP contribution is 2.54. The van der Waals surface area contributed by atoms with Crippen LogP contribution in [0.3, 0.4) is 0 Å². The molecule has 3 aromatic rings. The lowest BCUT2D eigenvalue weighted by molar-refractivity contribution is -0.142. The fourth-order valence-corrected chi connectivity index (χ4v) is 4.93. The van der Waals surface area contributed by atoms with Crippen molar-refractivity contribution < 1.29 is 28.8 Å². The van der Waals surface area contributed by atoms with Gasteiger partial charge < -0.3 is 24.1 Å². The summed E-state index contributed by atoms with van der Waals surface area (Å²) in [6, 6.07) is 19.4. The lowest BCUT2D eigenvalue weighted by Gasteiger charge is -2.23. The van der Waals surface area contributed by atoms with Gasteiger partial charge in [0.15, 0.2) is 23.0 Å². The van der Waals surface area contributed by atoms with E-state index in [1.807, 2.05) is 60.7 Å². The highest BCUT2D eigenvalue weighted by atomic mass is 16.7. The summed E-state index contributed by atoms with van der Waals surface area (Å²) in [6.07, 6.45) is 0. The molecule has 0 bridgehead atoms. The minimum Gasteiger partial charge on any atom is -0.481 e. The Balaban J connectivity index is 1.52. The molecule has 2 heterocycles. The van der Waals surface area contributed by atoms with Crippen LogP contribution >= 0.6 is 0 Å². The van der Waals surface area contributed by atoms with Crippen LogP contribution in [-0.4, -0.2) is 24.7 Å². The van der Waals surface area contributed by atoms with Crippen molar-refractivity contribution in [2.24, 2.45) is 5.92 Å². The van der Waals surface area contributed by atoms with Crippen molar-refractivity contribution in [3.8, 4) is 23.0 Å². The minimum absolute atomic E-state index is 0.183. The van der Waals surface area contributed by atoms with Crippen molar-refractivity contribution >= 4 is 5.97 Å². The normalized spacial score (nSPS) is 22.7. The summed E-state index contributed by atoms with van der Waals surface area (Å²) in [5.41, 5.74) is 3.85. The largest absolute Gasteiger partial charge is 0.481 e. The van der Waals surface area contributed by atoms with E-state index in [-0.39, 0.29) is 25.4 Å². The first kappa shape index (κ1) is 17.2. The lowest BCUT2D eigenvalue weighted by Crippen LogP contribution is -2.23. The summed E-state index contributed by atoms with van der Waals surface area (Å²) in [6.45, 7) is 0.366. The predicted octanol–water partition coefficient (Wildman–Crippen LogP) is 4.12. The van der Waals surface area contributed by atoms with Gasteiger partial charge in [0.2, 0.25) is 13.6 Å². The molecule has 0 fully saturated rings. The van der Waals surface area contributed by atoms with E-state index < -0.39 is 11.9 Å². The Morgan fingerprint density at radius 2 is 1.17 bits per heavy atom. The van der Waals surface area contributed by atoms with Gasteiger partial charge in [-0.3, -0.25) is 4.79 Å². The standard InChI is InChI=1S/C24H18O6/c25-24(26)23-21(13-5-7-17-19(9-13)29-11-27-17)15-3-1-2-4-16(15)22(23)14-6-8-18-20(10-14)30-12-28-18/h1-10,21-23H,11-12H2,(H,25,26)/t21-,22+,23?. The van der Waals surface area contributed by atoms with E-state index in [9.17, 15) is 9.90 Å². The molecule has 0 aromatic heterocycles. The van der Waals surface area contributed by atoms with Gasteiger partial charge in [-0.25, -0.2) is 0 Å². The van der Waals surface area contributed by atoms with Crippen LogP contribution in [0.5, 0.6) is 23.0 Å². The van der Waals surface area contributed by atoms with Gasteiger partial charge in [0.25, 0.3) is 0 Å². The maximum Gasteiger partial charge on any atom is 0.308 e. The number of aliphatic carboxylic acids is 1. The molecular weight excluding hydrogens is 384 g/mol. The number of ether oxygens (including phenoxy) is 4. The topological polar surface area (TPSA) is 74.2 Å². The number of carboxylic acids is 1. The van der Waals surface area contributed by atoms with Gasteiger partial charge >= 0.3 is 5.97 Å². The molecule has 0 radical (unpaired) electrons. The maximum atomic E-state index is 12.6. The smallest absolute Gasteiger partial charge is 0.308 e. The van der Waals surface area contributed by atoms with Crippen LogP contribution in [0, 0.1) is 5.92 Å². The number of rotatable bonds is 3. The van der Waals surface area contributed by atoms with E-state index in [0.29, 0.717) is 23.0 Å². The van der Waals surface area contributed by atoms with Crippen molar-refractivity contribution in [1.29, 1.82) is 0 Å². The summed E-state index contributed by atoms with van der Waals surface area (Å²) < 4.78 is 21.9. The second-order valence-electron chi connectivity index (χ2n) is 7.67. The summed E-state index contributed by atoms with van der Waals surface area (Å²) in [5.74, 6) is 0.571. The zero-order valence-corrected chi connectivity index (χ0v) is 15.9. The summed E-state index contributed by atoms with van der Waals surface area (Å²) >= 11 is 0. The number of hydrogen-bond acceptors (Lipinski definition) is 5. The fourth-order valence-electron chi connectivity index (χ4n) is 4.93. The van der Waals surface area contributed by atoms with Gasteiger partial charge in [0.05, 0.1) is 5.92 Å². The van der Waals surface area contributed by atoms with Crippen LogP contribution in [0.1, 0.15) is 34.1 Å². The molecule has 3 aromatic carbocycles. The SMILES string of the molecule is O=C(O)C1[C@H](c2ccc3c(c2)OCO3)c2ccccc2[C@@H]1c1ccc2c(c1)OCO2. The molecule has 30 heavy (non-hydrogen) atoms. The molecule has 0 amide bonds. The van der Waals surface area contributed by atoms with Crippen LogP contribution in [0.4, 0.5) is 0 Å². The van der Waals surface area contributed by atoms with Crippen LogP contribution in [0.25, 0.3) is 0 Å². The molecular formula is C24H18O6. The zero-order chi connectivity index (χ0) is 20.2. The third kappa shape index (κ3) is 2.46. The Kier molecular flexibility index (Phi) is 3.68. The van der Waals surface area contributed by atoms with Crippen LogP contribution in [-0.2, 0) is 4.79 Å². The monoisotopic (exact) mass is 402 g/mol. The van der Waals surface area contributed by atoms with Crippen LogP contribution in [0.15, 0.2) is 60.7 Å². The maximum absolute atomic E-state index is 12.6. The van der Waals surface area contributed by atoms with Crippen molar-refractivity contribution in [3.63, 3.8) is 0 Å². The van der Waals surface area contributed by atoms with Crippen molar-refractivity contribution in [2.75, 3.05) is 13.6 Å². The molecule has 2 aliphatic heterocycles. The molecule has 6 rings (SSSR count). The zero-order valence-electron chi connectivity index (χ0n) is 15.9. The summed E-state index contributed by atoms with van der Waals surface area (Å²) in [4.78, 5) is 12.6. The first-order valence-electron chi connectivity index (χ1n) is 9.81. The number of carbonyl (C=O) groups is 1. The van der Waals surface area contributed by atoms with Crippen molar-refractivity contribution in [1.82, 2.24) is 0 Å². The van der Waals surface area contributed by atoms with Gasteiger partial charge in [-0.2, -0.15) is 0 Å². The molecule has 6 heteroatoms. The highest BCUT2D eigenvalue weighted by Gasteiger charge is 2.46. The molecule has 6 nitrogen and oxygen atoms in total. The number of carboxylic acid groups (broad SMARTS) is 1. The first-order valence-corrected chi connectivity index (χ1v) is 9.81. The summed E-state index contributed by atoms with van der Waals surface area (Å²) in [7, 11) is 0. The van der Waals surface area contributed by atoms with E-state index in [0.717, 1.165) is 22.3 Å². The number of hydrogen-bond donors (Lipinski definition) is 1. The molecule has 0 spiro atoms. The molecule has 1 N–H and O–H groups in total. The lowest BCUT2D eigenvalue weighted by atomic mass is 9.79. The van der Waals surface area contributed by atoms with Gasteiger partial charge in [-0.15, -0.1) is 0 Å². The Hall–Kier alpha value is -3.67. The van der Waals surface area contributed by atoms with E-state index >= 15 is 0 Å². The molecule has 3 aliphatic rings. The van der Waals surface area contributed by atoms with Gasteiger partial charge in [-0.1, -0.05) is 36.4 Å². The average molecular weight is 402 g/mol. The van der Waals surface area contributed by atoms with E-state index in [4.69, 9.17) is 18.9 Å². The molecule has 0 saturated heterocycles. The number of benzene rings is 3. The van der Waals surface area contributed by atoms with Gasteiger partial charge in [0.1, 0.15) is 0 Å². The van der Waals surface area contributed by atoms with E-state index in [1.54, 1.807) is 0 Å². The molecule has 1 aliphatic carbocycles. The van der Waals surface area contributed by atoms with Crippen LogP contribution < -0.4 is 18.9 Å². The minimum atomic E-state index is -0.837. The average Bonchev–Trinajstić information content (AvgIpc) is 3.48. The Morgan fingerprint density at radius 1 is 0.700 bits per heavy atom. The van der Waals surface area contributed by atoms with Crippen LogP contribution in [0.2, 0.25) is 0 Å². The predicted molar refractivity (Wildman–Crippen MR) is 106 cm³/mol. The quantitative estimate of drug-likeness (QED) is 0.710. The Labute approximate surface area is 172 Å². The third-order valence-electron chi connectivity index (χ3n) is 6.18. The van der Waals surface area contributed by atoms with E-state index in [1.165, 1.54) is 0 Å². The molecule has 150 valence electrons. The molecule has 1 unspecified atom stereocenters. The second-order valence-corrected chi connectivity index (χ2v) is 7.67. The van der Waals surface area contributed by atoms with Gasteiger partial charge in [-0.05, 0) is 46.5 Å².